The number of morpholine rings is 1. The van der Waals surface area contributed by atoms with Crippen molar-refractivity contribution >= 4 is 17.9 Å². The number of piperidine rings is 1. The zero-order chi connectivity index (χ0) is 34.1. The van der Waals surface area contributed by atoms with Crippen LogP contribution in [-0.2, 0) is 25.4 Å². The predicted molar refractivity (Wildman–Crippen MR) is 176 cm³/mol. The summed E-state index contributed by atoms with van der Waals surface area (Å²) < 4.78 is 23.6. The number of ether oxygens (including phenoxy) is 4. The molecule has 1 aromatic carbocycles. The van der Waals surface area contributed by atoms with E-state index in [4.69, 9.17) is 18.9 Å². The molecule has 260 valence electrons. The number of methoxy groups -OCH3 is 2. The zero-order valence-electron chi connectivity index (χ0n) is 29.1. The quantitative estimate of drug-likeness (QED) is 0.313. The number of aromatic nitrogens is 3. The Morgan fingerprint density at radius 1 is 1.06 bits per heavy atom. The van der Waals surface area contributed by atoms with Gasteiger partial charge >= 0.3 is 6.09 Å². The summed E-state index contributed by atoms with van der Waals surface area (Å²) in [6, 6.07) is 7.04. The van der Waals surface area contributed by atoms with Crippen LogP contribution in [0.2, 0.25) is 0 Å². The minimum Gasteiger partial charge on any atom is -0.497 e. The average Bonchev–Trinajstić information content (AvgIpc) is 3.48. The molecule has 4 rings (SSSR count). The lowest BCUT2D eigenvalue weighted by Crippen LogP contribution is -2.58. The van der Waals surface area contributed by atoms with Crippen LogP contribution < -0.4 is 4.74 Å². The second-order valence-electron chi connectivity index (χ2n) is 13.7. The molecule has 2 aliphatic heterocycles. The van der Waals surface area contributed by atoms with Crippen LogP contribution in [0.15, 0.2) is 24.3 Å². The molecule has 13 nitrogen and oxygen atoms in total. The first-order valence-corrected chi connectivity index (χ1v) is 16.6. The summed E-state index contributed by atoms with van der Waals surface area (Å²) in [5.74, 6) is -0.0294. The summed E-state index contributed by atoms with van der Waals surface area (Å²) in [6.07, 6.45) is 2.04. The second kappa shape index (κ2) is 16.4. The van der Waals surface area contributed by atoms with Crippen LogP contribution in [0.25, 0.3) is 5.69 Å². The smallest absolute Gasteiger partial charge is 0.410 e. The van der Waals surface area contributed by atoms with E-state index in [1.807, 2.05) is 58.9 Å². The van der Waals surface area contributed by atoms with Crippen molar-refractivity contribution in [1.82, 2.24) is 29.7 Å². The Balaban J connectivity index is 1.70. The number of hydrogen-bond donors (Lipinski definition) is 0. The number of carbonyl (C=O) groups excluding carboxylic acids is 3. The van der Waals surface area contributed by atoms with Gasteiger partial charge in [0.25, 0.3) is 5.91 Å². The Morgan fingerprint density at radius 3 is 2.47 bits per heavy atom. The lowest BCUT2D eigenvalue weighted by molar-refractivity contribution is -0.142. The van der Waals surface area contributed by atoms with Crippen molar-refractivity contribution in [2.24, 2.45) is 11.8 Å². The Hall–Kier alpha value is -3.71. The van der Waals surface area contributed by atoms with Gasteiger partial charge in [0.15, 0.2) is 5.69 Å². The second-order valence-corrected chi connectivity index (χ2v) is 13.7. The number of hydrogen-bond acceptors (Lipinski definition) is 9. The number of amides is 3. The highest BCUT2D eigenvalue weighted by molar-refractivity contribution is 5.94. The Labute approximate surface area is 278 Å². The van der Waals surface area contributed by atoms with Crippen LogP contribution in [-0.4, -0.2) is 126 Å². The molecule has 0 radical (unpaired) electrons. The third-order valence-corrected chi connectivity index (χ3v) is 8.29. The lowest BCUT2D eigenvalue weighted by atomic mass is 9.91. The van der Waals surface area contributed by atoms with Gasteiger partial charge in [0.1, 0.15) is 11.4 Å². The van der Waals surface area contributed by atoms with Gasteiger partial charge in [-0.25, -0.2) is 9.48 Å². The molecule has 2 atom stereocenters. The SMILES string of the molecule is COCCCCc1c(C(=O)N(CC(C)C)[C@H]2C[C@@H](C(=O)N3CCOCC3)CN(C(=O)OC(C)(C)C)C2)nnn1-c1cccc(OC)c1. The van der Waals surface area contributed by atoms with E-state index in [1.54, 1.807) is 33.6 Å². The van der Waals surface area contributed by atoms with Gasteiger partial charge in [-0.3, -0.25) is 9.59 Å². The van der Waals surface area contributed by atoms with Crippen molar-refractivity contribution in [3.05, 3.63) is 35.7 Å². The fourth-order valence-electron chi connectivity index (χ4n) is 6.10. The van der Waals surface area contributed by atoms with E-state index in [2.05, 4.69) is 10.3 Å². The summed E-state index contributed by atoms with van der Waals surface area (Å²) in [7, 11) is 3.27. The first kappa shape index (κ1) is 36.1. The normalized spacial score (nSPS) is 18.7. The van der Waals surface area contributed by atoms with Crippen molar-refractivity contribution < 1.29 is 33.3 Å². The van der Waals surface area contributed by atoms with Gasteiger partial charge < -0.3 is 33.6 Å². The van der Waals surface area contributed by atoms with E-state index < -0.39 is 23.7 Å². The van der Waals surface area contributed by atoms with E-state index in [1.165, 1.54) is 0 Å². The number of likely N-dealkylation sites (tertiary alicyclic amines) is 1. The van der Waals surface area contributed by atoms with Crippen LogP contribution >= 0.6 is 0 Å². The summed E-state index contributed by atoms with van der Waals surface area (Å²) in [5.41, 5.74) is 0.973. The Bertz CT molecular complexity index is 1350. The minimum atomic E-state index is -0.711. The standard InChI is InChI=1S/C34H52N6O7/c1-24(2)21-39(27-19-25(31(41)37-14-17-46-18-15-37)22-38(23-27)33(43)47-34(3,4)5)32(42)30-29(13-8-9-16-44-6)40(36-35-30)26-11-10-12-28(20-26)45-7/h10-12,20,24-25,27H,8-9,13-19,21-23H2,1-7H3/t25-,27+/m1/s1. The van der Waals surface area contributed by atoms with Gasteiger partial charge in [-0.05, 0) is 64.5 Å². The number of nitrogens with zero attached hydrogens (tertiary/aromatic N) is 6. The summed E-state index contributed by atoms with van der Waals surface area (Å²) in [6.45, 7) is 13.0. The van der Waals surface area contributed by atoms with Crippen molar-refractivity contribution in [3.63, 3.8) is 0 Å². The molecule has 1 aromatic heterocycles. The number of rotatable bonds is 12. The molecular weight excluding hydrogens is 604 g/mol. The van der Waals surface area contributed by atoms with Crippen molar-refractivity contribution in [1.29, 1.82) is 0 Å². The molecule has 47 heavy (non-hydrogen) atoms. The highest BCUT2D eigenvalue weighted by atomic mass is 16.6. The van der Waals surface area contributed by atoms with Gasteiger partial charge in [-0.2, -0.15) is 0 Å². The van der Waals surface area contributed by atoms with Gasteiger partial charge in [0.05, 0.1) is 43.7 Å². The molecule has 2 aliphatic rings. The molecule has 0 aliphatic carbocycles. The molecule has 3 heterocycles. The van der Waals surface area contributed by atoms with E-state index >= 15 is 0 Å². The van der Waals surface area contributed by atoms with Gasteiger partial charge in [-0.1, -0.05) is 25.1 Å². The fourth-order valence-corrected chi connectivity index (χ4v) is 6.10. The monoisotopic (exact) mass is 656 g/mol. The van der Waals surface area contributed by atoms with Crippen LogP contribution in [0, 0.1) is 11.8 Å². The van der Waals surface area contributed by atoms with E-state index in [-0.39, 0.29) is 36.5 Å². The molecule has 13 heteroatoms. The maximum absolute atomic E-state index is 14.7. The molecule has 2 aromatic rings. The maximum Gasteiger partial charge on any atom is 0.410 e. The Morgan fingerprint density at radius 2 is 1.81 bits per heavy atom. The molecule has 0 N–H and O–H groups in total. The Kier molecular flexibility index (Phi) is 12.6. The average molecular weight is 657 g/mol. The van der Waals surface area contributed by atoms with E-state index in [9.17, 15) is 14.4 Å². The predicted octanol–water partition coefficient (Wildman–Crippen LogP) is 3.83. The highest BCUT2D eigenvalue weighted by Gasteiger charge is 2.42. The van der Waals surface area contributed by atoms with Crippen molar-refractivity contribution in [3.8, 4) is 11.4 Å². The first-order valence-electron chi connectivity index (χ1n) is 16.6. The number of carbonyl (C=O) groups is 3. The third-order valence-electron chi connectivity index (χ3n) is 8.29. The summed E-state index contributed by atoms with van der Waals surface area (Å²) >= 11 is 0. The maximum atomic E-state index is 14.7. The van der Waals surface area contributed by atoms with Crippen LogP contribution in [0.5, 0.6) is 5.75 Å². The minimum absolute atomic E-state index is 0.0358. The van der Waals surface area contributed by atoms with Crippen LogP contribution in [0.3, 0.4) is 0 Å². The summed E-state index contributed by atoms with van der Waals surface area (Å²) in [5, 5.41) is 8.91. The zero-order valence-corrected chi connectivity index (χ0v) is 29.1. The van der Waals surface area contributed by atoms with E-state index in [0.717, 1.165) is 18.5 Å². The molecule has 0 spiro atoms. The summed E-state index contributed by atoms with van der Waals surface area (Å²) in [4.78, 5) is 47.1. The van der Waals surface area contributed by atoms with Crippen LogP contribution in [0.1, 0.15) is 70.1 Å². The molecule has 0 saturated carbocycles. The highest BCUT2D eigenvalue weighted by Crippen LogP contribution is 2.28. The molecule has 0 bridgehead atoms. The molecular formula is C34H52N6O7. The van der Waals surface area contributed by atoms with E-state index in [0.29, 0.717) is 63.7 Å². The van der Waals surface area contributed by atoms with Gasteiger partial charge in [0, 0.05) is 52.5 Å². The topological polar surface area (TPSA) is 129 Å². The molecule has 2 saturated heterocycles. The molecule has 3 amide bonds. The number of unbranched alkanes of at least 4 members (excludes halogenated alkanes) is 1. The largest absolute Gasteiger partial charge is 0.497 e. The third kappa shape index (κ3) is 9.66. The first-order chi connectivity index (χ1) is 22.4. The molecule has 0 unspecified atom stereocenters. The van der Waals surface area contributed by atoms with Crippen LogP contribution in [0.4, 0.5) is 4.79 Å². The van der Waals surface area contributed by atoms with Crippen molar-refractivity contribution in [2.45, 2.75) is 71.9 Å². The molecule has 2 fully saturated rings. The number of benzene rings is 1. The van der Waals surface area contributed by atoms with Crippen molar-refractivity contribution in [2.75, 3.05) is 66.8 Å². The van der Waals surface area contributed by atoms with Gasteiger partial charge in [-0.15, -0.1) is 5.10 Å². The lowest BCUT2D eigenvalue weighted by Gasteiger charge is -2.44. The van der Waals surface area contributed by atoms with Gasteiger partial charge in [0.2, 0.25) is 5.91 Å². The fraction of sp³-hybridized carbons (Fsp3) is 0.676.